The van der Waals surface area contributed by atoms with E-state index in [-0.39, 0.29) is 11.9 Å². The van der Waals surface area contributed by atoms with Crippen molar-refractivity contribution in [1.82, 2.24) is 15.1 Å². The van der Waals surface area contributed by atoms with Gasteiger partial charge in [0.15, 0.2) is 0 Å². The van der Waals surface area contributed by atoms with E-state index in [1.54, 1.807) is 6.07 Å². The molecule has 1 heterocycles. The zero-order valence-corrected chi connectivity index (χ0v) is 12.1. The molecular formula is C15H24FN3. The van der Waals surface area contributed by atoms with Crippen LogP contribution in [0.1, 0.15) is 18.0 Å². The summed E-state index contributed by atoms with van der Waals surface area (Å²) < 4.78 is 13.9. The average molecular weight is 265 g/mol. The van der Waals surface area contributed by atoms with Crippen molar-refractivity contribution in [2.75, 3.05) is 40.8 Å². The third-order valence-electron chi connectivity index (χ3n) is 4.12. The van der Waals surface area contributed by atoms with Crippen molar-refractivity contribution in [1.29, 1.82) is 0 Å². The first-order valence-corrected chi connectivity index (χ1v) is 6.92. The number of likely N-dealkylation sites (N-methyl/N-ethyl adjacent to an activating group) is 2. The van der Waals surface area contributed by atoms with Crippen LogP contribution in [0.15, 0.2) is 24.3 Å². The van der Waals surface area contributed by atoms with Crippen LogP contribution in [0, 0.1) is 5.82 Å². The van der Waals surface area contributed by atoms with Gasteiger partial charge in [-0.3, -0.25) is 0 Å². The molecule has 3 nitrogen and oxygen atoms in total. The van der Waals surface area contributed by atoms with Gasteiger partial charge in [0.05, 0.1) is 0 Å². The minimum atomic E-state index is -0.117. The van der Waals surface area contributed by atoms with Crippen LogP contribution >= 0.6 is 0 Å². The van der Waals surface area contributed by atoms with Crippen molar-refractivity contribution >= 4 is 0 Å². The Morgan fingerprint density at radius 1 is 1.32 bits per heavy atom. The van der Waals surface area contributed by atoms with Gasteiger partial charge in [-0.1, -0.05) is 18.2 Å². The Morgan fingerprint density at radius 2 is 2.05 bits per heavy atom. The van der Waals surface area contributed by atoms with Gasteiger partial charge in [-0.2, -0.15) is 0 Å². The second-order valence-electron chi connectivity index (χ2n) is 5.50. The molecule has 2 unspecified atom stereocenters. The molecule has 19 heavy (non-hydrogen) atoms. The third kappa shape index (κ3) is 3.53. The Bertz CT molecular complexity index is 410. The third-order valence-corrected chi connectivity index (χ3v) is 4.12. The molecule has 0 aliphatic carbocycles. The lowest BCUT2D eigenvalue weighted by Crippen LogP contribution is -2.50. The van der Waals surface area contributed by atoms with E-state index in [0.717, 1.165) is 31.6 Å². The number of nitrogens with zero attached hydrogens (tertiary/aromatic N) is 2. The fourth-order valence-electron chi connectivity index (χ4n) is 2.79. The molecule has 0 radical (unpaired) electrons. The van der Waals surface area contributed by atoms with Crippen molar-refractivity contribution in [3.8, 4) is 0 Å². The number of benzene rings is 1. The van der Waals surface area contributed by atoms with Crippen LogP contribution in [0.25, 0.3) is 0 Å². The summed E-state index contributed by atoms with van der Waals surface area (Å²) in [6, 6.07) is 7.60. The van der Waals surface area contributed by atoms with Gasteiger partial charge >= 0.3 is 0 Å². The summed E-state index contributed by atoms with van der Waals surface area (Å²) in [5.74, 6) is -0.117. The predicted octanol–water partition coefficient (Wildman–Crippen LogP) is 1.72. The number of piperazine rings is 1. The molecule has 1 aliphatic rings. The van der Waals surface area contributed by atoms with E-state index in [2.05, 4.69) is 29.2 Å². The van der Waals surface area contributed by atoms with Gasteiger partial charge in [0.2, 0.25) is 0 Å². The largest absolute Gasteiger partial charge is 0.313 e. The summed E-state index contributed by atoms with van der Waals surface area (Å²) >= 11 is 0. The van der Waals surface area contributed by atoms with Crippen molar-refractivity contribution in [2.45, 2.75) is 18.5 Å². The summed E-state index contributed by atoms with van der Waals surface area (Å²) in [5, 5.41) is 3.26. The van der Waals surface area contributed by atoms with E-state index in [4.69, 9.17) is 0 Å². The van der Waals surface area contributed by atoms with Crippen LogP contribution in [0.4, 0.5) is 4.39 Å². The van der Waals surface area contributed by atoms with Crippen LogP contribution in [-0.4, -0.2) is 56.6 Å². The summed E-state index contributed by atoms with van der Waals surface area (Å²) in [5.41, 5.74) is 0.770. The summed E-state index contributed by atoms with van der Waals surface area (Å²) in [7, 11) is 6.22. The van der Waals surface area contributed by atoms with E-state index in [9.17, 15) is 4.39 Å². The minimum absolute atomic E-state index is 0.0696. The van der Waals surface area contributed by atoms with Crippen molar-refractivity contribution < 1.29 is 4.39 Å². The molecule has 0 saturated carbocycles. The molecule has 0 aromatic heterocycles. The molecule has 1 aromatic rings. The van der Waals surface area contributed by atoms with Crippen LogP contribution in [0.3, 0.4) is 0 Å². The number of hydrogen-bond donors (Lipinski definition) is 1. The monoisotopic (exact) mass is 265 g/mol. The van der Waals surface area contributed by atoms with Crippen molar-refractivity contribution in [2.24, 2.45) is 0 Å². The molecule has 0 amide bonds. The normalized spacial score (nSPS) is 23.5. The van der Waals surface area contributed by atoms with Gasteiger partial charge in [0.25, 0.3) is 0 Å². The molecule has 0 spiro atoms. The molecule has 1 aliphatic heterocycles. The highest BCUT2D eigenvalue weighted by molar-refractivity contribution is 5.21. The zero-order valence-electron chi connectivity index (χ0n) is 12.1. The van der Waals surface area contributed by atoms with E-state index in [1.807, 2.05) is 19.2 Å². The van der Waals surface area contributed by atoms with Crippen molar-refractivity contribution in [3.05, 3.63) is 35.6 Å². The highest BCUT2D eigenvalue weighted by Gasteiger charge is 2.26. The average Bonchev–Trinajstić information content (AvgIpc) is 2.41. The Kier molecular flexibility index (Phi) is 4.91. The molecule has 1 aromatic carbocycles. The first kappa shape index (κ1) is 14.4. The van der Waals surface area contributed by atoms with Gasteiger partial charge in [0.1, 0.15) is 5.82 Å². The summed E-state index contributed by atoms with van der Waals surface area (Å²) in [6.07, 6.45) is 0.929. The fourth-order valence-corrected chi connectivity index (χ4v) is 2.79. The zero-order chi connectivity index (χ0) is 13.8. The Hall–Kier alpha value is -0.970. The quantitative estimate of drug-likeness (QED) is 0.894. The number of hydrogen-bond acceptors (Lipinski definition) is 3. The Balaban J connectivity index is 2.08. The first-order valence-electron chi connectivity index (χ1n) is 6.92. The maximum absolute atomic E-state index is 13.9. The molecule has 1 fully saturated rings. The molecule has 106 valence electrons. The molecular weight excluding hydrogens is 241 g/mol. The van der Waals surface area contributed by atoms with Crippen LogP contribution < -0.4 is 5.32 Å². The topological polar surface area (TPSA) is 18.5 Å². The van der Waals surface area contributed by atoms with E-state index < -0.39 is 0 Å². The maximum atomic E-state index is 13.9. The smallest absolute Gasteiger partial charge is 0.127 e. The molecule has 2 atom stereocenters. The molecule has 0 bridgehead atoms. The Morgan fingerprint density at radius 3 is 2.74 bits per heavy atom. The fraction of sp³-hybridized carbons (Fsp3) is 0.600. The molecule has 1 saturated heterocycles. The Labute approximate surface area is 115 Å². The van der Waals surface area contributed by atoms with Crippen LogP contribution in [-0.2, 0) is 0 Å². The van der Waals surface area contributed by atoms with E-state index in [0.29, 0.717) is 6.04 Å². The second kappa shape index (κ2) is 6.46. The highest BCUT2D eigenvalue weighted by Crippen LogP contribution is 2.24. The second-order valence-corrected chi connectivity index (χ2v) is 5.50. The van der Waals surface area contributed by atoms with Gasteiger partial charge in [-0.15, -0.1) is 0 Å². The lowest BCUT2D eigenvalue weighted by Gasteiger charge is -2.39. The minimum Gasteiger partial charge on any atom is -0.313 e. The molecule has 4 heteroatoms. The number of rotatable bonds is 4. The van der Waals surface area contributed by atoms with Crippen LogP contribution in [0.2, 0.25) is 0 Å². The lowest BCUT2D eigenvalue weighted by atomic mass is 9.97. The number of halogens is 1. The molecule has 1 N–H and O–H groups in total. The van der Waals surface area contributed by atoms with E-state index in [1.165, 1.54) is 6.07 Å². The highest BCUT2D eigenvalue weighted by atomic mass is 19.1. The summed E-state index contributed by atoms with van der Waals surface area (Å²) in [4.78, 5) is 4.73. The SMILES string of the molecule is CNC(CC1CN(C)CCN1C)c1ccccc1F. The van der Waals surface area contributed by atoms with Gasteiger partial charge in [-0.05, 0) is 33.6 Å². The summed E-state index contributed by atoms with van der Waals surface area (Å²) in [6.45, 7) is 3.23. The van der Waals surface area contributed by atoms with Crippen LogP contribution in [0.5, 0.6) is 0 Å². The number of nitrogens with one attached hydrogen (secondary N) is 1. The van der Waals surface area contributed by atoms with Gasteiger partial charge in [0, 0.05) is 37.3 Å². The molecule has 2 rings (SSSR count). The van der Waals surface area contributed by atoms with Gasteiger partial charge < -0.3 is 15.1 Å². The first-order chi connectivity index (χ1) is 9.11. The van der Waals surface area contributed by atoms with Gasteiger partial charge in [-0.25, -0.2) is 4.39 Å². The lowest BCUT2D eigenvalue weighted by molar-refractivity contribution is 0.101. The standard InChI is InChI=1S/C15H24FN3/c1-17-15(13-6-4-5-7-14(13)16)10-12-11-18(2)8-9-19(12)3/h4-7,12,15,17H,8-11H2,1-3H3. The predicted molar refractivity (Wildman–Crippen MR) is 76.7 cm³/mol. The maximum Gasteiger partial charge on any atom is 0.127 e. The van der Waals surface area contributed by atoms with E-state index >= 15 is 0 Å². The van der Waals surface area contributed by atoms with Crippen molar-refractivity contribution in [3.63, 3.8) is 0 Å².